The zero-order valence-corrected chi connectivity index (χ0v) is 13.8. The Balaban J connectivity index is 2.33. The van der Waals surface area contributed by atoms with E-state index in [0.29, 0.717) is 22.1 Å². The van der Waals surface area contributed by atoms with E-state index in [1.807, 2.05) is 26.0 Å². The highest BCUT2D eigenvalue weighted by Crippen LogP contribution is 2.31. The lowest BCUT2D eigenvalue weighted by Crippen LogP contribution is -1.96. The zero-order valence-electron chi connectivity index (χ0n) is 11.4. The van der Waals surface area contributed by atoms with Gasteiger partial charge in [-0.1, -0.05) is 23.2 Å². The van der Waals surface area contributed by atoms with Crippen molar-refractivity contribution in [2.24, 2.45) is 0 Å². The third kappa shape index (κ3) is 2.65. The number of hydrogen-bond donors (Lipinski definition) is 0. The summed E-state index contributed by atoms with van der Waals surface area (Å²) in [6, 6.07) is 8.70. The Hall–Kier alpha value is -1.52. The second-order valence-corrected chi connectivity index (χ2v) is 6.18. The Kier molecular flexibility index (Phi) is 3.68. The van der Waals surface area contributed by atoms with Crippen LogP contribution in [0.3, 0.4) is 0 Å². The fraction of sp³-hybridized carbons (Fsp3) is 0.125. The first-order chi connectivity index (χ1) is 9.95. The van der Waals surface area contributed by atoms with Gasteiger partial charge in [0.2, 0.25) is 0 Å². The van der Waals surface area contributed by atoms with E-state index in [9.17, 15) is 4.39 Å². The number of benzene rings is 2. The van der Waals surface area contributed by atoms with Gasteiger partial charge in [0.05, 0.1) is 11.1 Å². The monoisotopic (exact) mass is 364 g/mol. The average Bonchev–Trinajstić information content (AvgIpc) is 2.42. The van der Waals surface area contributed by atoms with Crippen LogP contribution in [0.25, 0.3) is 22.3 Å². The van der Waals surface area contributed by atoms with Gasteiger partial charge >= 0.3 is 0 Å². The molecule has 0 aliphatic heterocycles. The highest BCUT2D eigenvalue weighted by Gasteiger charge is 2.14. The van der Waals surface area contributed by atoms with Crippen molar-refractivity contribution in [1.29, 1.82) is 0 Å². The van der Waals surface area contributed by atoms with Crippen molar-refractivity contribution in [3.05, 3.63) is 56.9 Å². The minimum Gasteiger partial charge on any atom is -0.227 e. The Morgan fingerprint density at radius 2 is 1.81 bits per heavy atom. The summed E-state index contributed by atoms with van der Waals surface area (Å²) in [4.78, 5) is 8.72. The maximum atomic E-state index is 14.0. The van der Waals surface area contributed by atoms with E-state index in [1.54, 1.807) is 12.1 Å². The molecule has 0 saturated heterocycles. The predicted octanol–water partition coefficient (Wildman–Crippen LogP) is 5.47. The van der Waals surface area contributed by atoms with E-state index in [2.05, 4.69) is 25.9 Å². The lowest BCUT2D eigenvalue weighted by Gasteiger charge is -2.08. The van der Waals surface area contributed by atoms with Crippen molar-refractivity contribution >= 4 is 38.4 Å². The number of aryl methyl sites for hydroxylation is 2. The van der Waals surface area contributed by atoms with Crippen LogP contribution in [0.5, 0.6) is 0 Å². The number of nitrogens with zero attached hydrogens (tertiary/aromatic N) is 2. The molecule has 1 aromatic heterocycles. The summed E-state index contributed by atoms with van der Waals surface area (Å²) in [7, 11) is 0. The second-order valence-electron chi connectivity index (χ2n) is 4.96. The molecular weight excluding hydrogens is 355 g/mol. The Bertz CT molecular complexity index is 865. The molecule has 3 rings (SSSR count). The van der Waals surface area contributed by atoms with Gasteiger partial charge in [0.15, 0.2) is 5.82 Å². The molecule has 0 aliphatic rings. The molecule has 5 heteroatoms. The van der Waals surface area contributed by atoms with Gasteiger partial charge in [-0.3, -0.25) is 0 Å². The fourth-order valence-electron chi connectivity index (χ4n) is 2.22. The van der Waals surface area contributed by atoms with Crippen LogP contribution in [0.1, 0.15) is 11.1 Å². The van der Waals surface area contributed by atoms with E-state index in [0.717, 1.165) is 21.0 Å². The first-order valence-electron chi connectivity index (χ1n) is 6.35. The summed E-state index contributed by atoms with van der Waals surface area (Å²) in [6.45, 7) is 3.86. The van der Waals surface area contributed by atoms with Gasteiger partial charge < -0.3 is 0 Å². The first kappa shape index (κ1) is 14.4. The third-order valence-corrected chi connectivity index (χ3v) is 4.11. The molecule has 1 heterocycles. The van der Waals surface area contributed by atoms with Crippen molar-refractivity contribution in [2.75, 3.05) is 0 Å². The molecule has 0 saturated carbocycles. The molecule has 0 fully saturated rings. The van der Waals surface area contributed by atoms with E-state index in [4.69, 9.17) is 11.6 Å². The maximum Gasteiger partial charge on any atom is 0.164 e. The van der Waals surface area contributed by atoms with Crippen molar-refractivity contribution in [1.82, 2.24) is 9.97 Å². The van der Waals surface area contributed by atoms with Crippen LogP contribution in [-0.4, -0.2) is 9.97 Å². The van der Waals surface area contributed by atoms with Gasteiger partial charge in [-0.25, -0.2) is 14.4 Å². The Labute approximate surface area is 135 Å². The van der Waals surface area contributed by atoms with Crippen LogP contribution in [-0.2, 0) is 0 Å². The number of halogens is 3. The van der Waals surface area contributed by atoms with Gasteiger partial charge in [0.1, 0.15) is 11.0 Å². The van der Waals surface area contributed by atoms with Gasteiger partial charge in [-0.15, -0.1) is 0 Å². The van der Waals surface area contributed by atoms with Gasteiger partial charge in [-0.2, -0.15) is 0 Å². The molecule has 0 N–H and O–H groups in total. The van der Waals surface area contributed by atoms with Gasteiger partial charge in [-0.05, 0) is 59.6 Å². The Morgan fingerprint density at radius 3 is 2.57 bits per heavy atom. The molecule has 0 radical (unpaired) electrons. The molecule has 21 heavy (non-hydrogen) atoms. The van der Waals surface area contributed by atoms with Crippen molar-refractivity contribution < 1.29 is 4.39 Å². The van der Waals surface area contributed by atoms with Crippen LogP contribution >= 0.6 is 27.5 Å². The minimum absolute atomic E-state index is 0.290. The molecular formula is C16H11BrClFN2. The molecule has 3 aromatic rings. The topological polar surface area (TPSA) is 25.8 Å². The summed E-state index contributed by atoms with van der Waals surface area (Å²) in [6.07, 6.45) is 0. The van der Waals surface area contributed by atoms with E-state index in [-0.39, 0.29) is 5.82 Å². The molecule has 0 atom stereocenters. The molecule has 0 amide bonds. The average molecular weight is 366 g/mol. The van der Waals surface area contributed by atoms with Crippen LogP contribution in [0.15, 0.2) is 34.8 Å². The van der Waals surface area contributed by atoms with Crippen LogP contribution < -0.4 is 0 Å². The molecule has 0 spiro atoms. The lowest BCUT2D eigenvalue weighted by atomic mass is 10.1. The number of rotatable bonds is 1. The summed E-state index contributed by atoms with van der Waals surface area (Å²) in [5, 5.41) is 1.07. The molecule has 0 bridgehead atoms. The quantitative estimate of drug-likeness (QED) is 0.534. The summed E-state index contributed by atoms with van der Waals surface area (Å²) < 4.78 is 14.8. The predicted molar refractivity (Wildman–Crippen MR) is 87.1 cm³/mol. The summed E-state index contributed by atoms with van der Waals surface area (Å²) >= 11 is 9.73. The van der Waals surface area contributed by atoms with Crippen molar-refractivity contribution in [2.45, 2.75) is 13.8 Å². The first-order valence-corrected chi connectivity index (χ1v) is 7.53. The largest absolute Gasteiger partial charge is 0.227 e. The van der Waals surface area contributed by atoms with Crippen LogP contribution in [0, 0.1) is 19.7 Å². The summed E-state index contributed by atoms with van der Waals surface area (Å²) in [5.74, 6) is -0.0718. The van der Waals surface area contributed by atoms with Gasteiger partial charge in [0.25, 0.3) is 0 Å². The van der Waals surface area contributed by atoms with Crippen LogP contribution in [0.2, 0.25) is 5.15 Å². The standard InChI is InChI=1S/C16H11BrClFN2/c1-8-3-4-13(19)10(5-8)16-20-14-11(15(18)21-16)6-9(2)7-12(14)17/h3-7H,1-2H3. The molecule has 106 valence electrons. The molecule has 2 aromatic carbocycles. The molecule has 0 unspecified atom stereocenters. The highest BCUT2D eigenvalue weighted by molar-refractivity contribution is 9.10. The third-order valence-electron chi connectivity index (χ3n) is 3.21. The SMILES string of the molecule is Cc1ccc(F)c(-c2nc(Cl)c3cc(C)cc(Br)c3n2)c1. The molecule has 0 aliphatic carbocycles. The second kappa shape index (κ2) is 5.35. The minimum atomic E-state index is -0.362. The van der Waals surface area contributed by atoms with Crippen LogP contribution in [0.4, 0.5) is 4.39 Å². The maximum absolute atomic E-state index is 14.0. The number of hydrogen-bond acceptors (Lipinski definition) is 2. The molecule has 2 nitrogen and oxygen atoms in total. The normalized spacial score (nSPS) is 11.1. The smallest absolute Gasteiger partial charge is 0.164 e. The number of aromatic nitrogens is 2. The van der Waals surface area contributed by atoms with E-state index >= 15 is 0 Å². The fourth-order valence-corrected chi connectivity index (χ4v) is 3.11. The Morgan fingerprint density at radius 1 is 1.05 bits per heavy atom. The van der Waals surface area contributed by atoms with Gasteiger partial charge in [0, 0.05) is 9.86 Å². The highest BCUT2D eigenvalue weighted by atomic mass is 79.9. The van der Waals surface area contributed by atoms with E-state index < -0.39 is 0 Å². The van der Waals surface area contributed by atoms with E-state index in [1.165, 1.54) is 6.07 Å². The lowest BCUT2D eigenvalue weighted by molar-refractivity contribution is 0.629. The zero-order chi connectivity index (χ0) is 15.1. The summed E-state index contributed by atoms with van der Waals surface area (Å²) in [5.41, 5.74) is 3.02. The van der Waals surface area contributed by atoms with Crippen molar-refractivity contribution in [3.63, 3.8) is 0 Å². The number of fused-ring (bicyclic) bond motifs is 1. The van der Waals surface area contributed by atoms with Crippen molar-refractivity contribution in [3.8, 4) is 11.4 Å².